The van der Waals surface area contributed by atoms with Crippen molar-refractivity contribution in [3.8, 4) is 0 Å². The first kappa shape index (κ1) is 20.0. The molecule has 0 bridgehead atoms. The number of hydrogen-bond donors (Lipinski definition) is 0. The summed E-state index contributed by atoms with van der Waals surface area (Å²) in [4.78, 5) is 17.2. The highest BCUT2D eigenvalue weighted by molar-refractivity contribution is 6.35. The molecule has 1 aromatic heterocycles. The van der Waals surface area contributed by atoms with Crippen LogP contribution in [-0.4, -0.2) is 51.7 Å². The molecule has 2 aromatic carbocycles. The summed E-state index contributed by atoms with van der Waals surface area (Å²) in [6.45, 7) is 4.30. The molecule has 0 saturated carbocycles. The number of piperazine rings is 1. The Balaban J connectivity index is 1.37. The van der Waals surface area contributed by atoms with Gasteiger partial charge < -0.3 is 4.90 Å². The number of carbonyl (C=O) groups excluding carboxylic acids is 1. The summed E-state index contributed by atoms with van der Waals surface area (Å²) in [5.41, 5.74) is 2.73. The van der Waals surface area contributed by atoms with Crippen LogP contribution in [0.25, 0.3) is 0 Å². The van der Waals surface area contributed by atoms with E-state index in [1.807, 2.05) is 64.3 Å². The Labute approximate surface area is 180 Å². The Hall–Kier alpha value is -2.34. The third-order valence-electron chi connectivity index (χ3n) is 5.18. The molecule has 1 amide bonds. The number of nitrogens with zero attached hydrogens (tertiary/aromatic N) is 4. The van der Waals surface area contributed by atoms with Crippen molar-refractivity contribution in [3.63, 3.8) is 0 Å². The summed E-state index contributed by atoms with van der Waals surface area (Å²) in [7, 11) is 0. The molecule has 0 unspecified atom stereocenters. The molecule has 0 spiro atoms. The lowest BCUT2D eigenvalue weighted by molar-refractivity contribution is 0.0628. The van der Waals surface area contributed by atoms with Gasteiger partial charge >= 0.3 is 0 Å². The summed E-state index contributed by atoms with van der Waals surface area (Å²) in [6, 6.07) is 15.3. The molecule has 3 aromatic rings. The van der Waals surface area contributed by atoms with Crippen LogP contribution < -0.4 is 0 Å². The zero-order valence-corrected chi connectivity index (χ0v) is 17.5. The second-order valence-corrected chi connectivity index (χ2v) is 7.99. The third kappa shape index (κ3) is 4.81. The molecule has 5 nitrogen and oxygen atoms in total. The third-order valence-corrected chi connectivity index (χ3v) is 5.89. The first-order chi connectivity index (χ1) is 14.1. The van der Waals surface area contributed by atoms with E-state index in [2.05, 4.69) is 10.00 Å². The number of benzene rings is 2. The maximum atomic E-state index is 13.0. The highest BCUT2D eigenvalue weighted by Gasteiger charge is 2.23. The van der Waals surface area contributed by atoms with Gasteiger partial charge in [0, 0.05) is 66.3 Å². The van der Waals surface area contributed by atoms with Crippen molar-refractivity contribution in [1.82, 2.24) is 19.6 Å². The predicted molar refractivity (Wildman–Crippen MR) is 115 cm³/mol. The number of halogens is 2. The van der Waals surface area contributed by atoms with Gasteiger partial charge in [0.05, 0.1) is 6.54 Å². The fourth-order valence-electron chi connectivity index (χ4n) is 3.58. The van der Waals surface area contributed by atoms with E-state index in [0.717, 1.165) is 29.8 Å². The maximum absolute atomic E-state index is 13.0. The minimum atomic E-state index is 0.0720. The fourth-order valence-corrected chi connectivity index (χ4v) is 4.10. The molecular formula is C22H22Cl2N4O. The van der Waals surface area contributed by atoms with Crippen LogP contribution in [0.5, 0.6) is 0 Å². The van der Waals surface area contributed by atoms with Gasteiger partial charge in [-0.2, -0.15) is 5.10 Å². The van der Waals surface area contributed by atoms with E-state index in [0.29, 0.717) is 36.2 Å². The molecule has 1 saturated heterocycles. The van der Waals surface area contributed by atoms with E-state index in [1.165, 1.54) is 0 Å². The van der Waals surface area contributed by atoms with Crippen molar-refractivity contribution >= 4 is 29.1 Å². The molecule has 150 valence electrons. The Kier molecular flexibility index (Phi) is 6.19. The van der Waals surface area contributed by atoms with Gasteiger partial charge in [0.15, 0.2) is 0 Å². The van der Waals surface area contributed by atoms with Crippen LogP contribution in [-0.2, 0) is 13.1 Å². The van der Waals surface area contributed by atoms with Crippen molar-refractivity contribution in [2.24, 2.45) is 0 Å². The molecule has 1 aliphatic rings. The molecule has 1 aliphatic heterocycles. The summed E-state index contributed by atoms with van der Waals surface area (Å²) < 4.78 is 1.85. The molecule has 29 heavy (non-hydrogen) atoms. The van der Waals surface area contributed by atoms with Crippen molar-refractivity contribution in [1.29, 1.82) is 0 Å². The average molecular weight is 429 g/mol. The van der Waals surface area contributed by atoms with Crippen LogP contribution in [0.4, 0.5) is 0 Å². The van der Waals surface area contributed by atoms with E-state index in [4.69, 9.17) is 23.2 Å². The van der Waals surface area contributed by atoms with Crippen LogP contribution in [0.2, 0.25) is 10.0 Å². The lowest BCUT2D eigenvalue weighted by Crippen LogP contribution is -2.48. The number of carbonyl (C=O) groups is 1. The quantitative estimate of drug-likeness (QED) is 0.611. The molecule has 4 rings (SSSR count). The highest BCUT2D eigenvalue weighted by Crippen LogP contribution is 2.26. The maximum Gasteiger partial charge on any atom is 0.253 e. The van der Waals surface area contributed by atoms with Gasteiger partial charge in [0.25, 0.3) is 5.91 Å². The fraction of sp³-hybridized carbons (Fsp3) is 0.273. The van der Waals surface area contributed by atoms with Gasteiger partial charge in [-0.05, 0) is 35.9 Å². The average Bonchev–Trinajstić information content (AvgIpc) is 3.24. The zero-order valence-electron chi connectivity index (χ0n) is 16.0. The molecule has 0 atom stereocenters. The van der Waals surface area contributed by atoms with Gasteiger partial charge in [-0.25, -0.2) is 0 Å². The van der Waals surface area contributed by atoms with E-state index in [9.17, 15) is 4.79 Å². The van der Waals surface area contributed by atoms with Gasteiger partial charge in [-0.3, -0.25) is 14.4 Å². The smallest absolute Gasteiger partial charge is 0.253 e. The number of amides is 1. The number of hydrogen-bond acceptors (Lipinski definition) is 3. The molecular weight excluding hydrogens is 407 g/mol. The highest BCUT2D eigenvalue weighted by atomic mass is 35.5. The molecule has 0 N–H and O–H groups in total. The molecule has 1 fully saturated rings. The van der Waals surface area contributed by atoms with Crippen molar-refractivity contribution in [3.05, 3.63) is 87.7 Å². The lowest BCUT2D eigenvalue weighted by atomic mass is 10.1. The zero-order chi connectivity index (χ0) is 20.2. The van der Waals surface area contributed by atoms with E-state index < -0.39 is 0 Å². The van der Waals surface area contributed by atoms with Crippen LogP contribution in [0.1, 0.15) is 21.5 Å². The van der Waals surface area contributed by atoms with Crippen molar-refractivity contribution in [2.75, 3.05) is 26.2 Å². The van der Waals surface area contributed by atoms with Gasteiger partial charge in [-0.15, -0.1) is 0 Å². The normalized spacial score (nSPS) is 14.9. The van der Waals surface area contributed by atoms with Crippen LogP contribution >= 0.6 is 23.2 Å². The SMILES string of the molecule is O=C(c1cccc(Cn2cccn2)c1)N1CCN(Cc2c(Cl)cccc2Cl)CC1. The summed E-state index contributed by atoms with van der Waals surface area (Å²) in [5, 5.41) is 5.60. The van der Waals surface area contributed by atoms with Crippen LogP contribution in [0.3, 0.4) is 0 Å². The summed E-state index contributed by atoms with van der Waals surface area (Å²) in [5.74, 6) is 0.0720. The minimum Gasteiger partial charge on any atom is -0.336 e. The largest absolute Gasteiger partial charge is 0.336 e. The second kappa shape index (κ2) is 8.99. The number of aromatic nitrogens is 2. The van der Waals surface area contributed by atoms with Gasteiger partial charge in [-0.1, -0.05) is 41.4 Å². The van der Waals surface area contributed by atoms with Crippen molar-refractivity contribution in [2.45, 2.75) is 13.1 Å². The number of rotatable bonds is 5. The Morgan fingerprint density at radius 1 is 0.931 bits per heavy atom. The topological polar surface area (TPSA) is 41.4 Å². The molecule has 2 heterocycles. The molecule has 0 radical (unpaired) electrons. The standard InChI is InChI=1S/C22H22Cl2N4O/c23-20-6-2-7-21(24)19(20)16-26-10-12-27(13-11-26)22(29)18-5-1-4-17(14-18)15-28-9-3-8-25-28/h1-9,14H,10-13,15-16H2. The second-order valence-electron chi connectivity index (χ2n) is 7.17. The predicted octanol–water partition coefficient (Wildman–Crippen LogP) is 4.20. The van der Waals surface area contributed by atoms with E-state index in [-0.39, 0.29) is 5.91 Å². The van der Waals surface area contributed by atoms with Gasteiger partial charge in [0.2, 0.25) is 0 Å². The molecule has 0 aliphatic carbocycles. The monoisotopic (exact) mass is 428 g/mol. The van der Waals surface area contributed by atoms with Crippen LogP contribution in [0, 0.1) is 0 Å². The Morgan fingerprint density at radius 3 is 2.34 bits per heavy atom. The lowest BCUT2D eigenvalue weighted by Gasteiger charge is -2.35. The van der Waals surface area contributed by atoms with E-state index >= 15 is 0 Å². The molecule has 7 heteroatoms. The summed E-state index contributed by atoms with van der Waals surface area (Å²) in [6.07, 6.45) is 3.67. The Bertz CT molecular complexity index is 962. The summed E-state index contributed by atoms with van der Waals surface area (Å²) >= 11 is 12.6. The first-order valence-corrected chi connectivity index (χ1v) is 10.4. The van der Waals surface area contributed by atoms with Gasteiger partial charge in [0.1, 0.15) is 0 Å². The Morgan fingerprint density at radius 2 is 1.66 bits per heavy atom. The first-order valence-electron chi connectivity index (χ1n) is 9.61. The van der Waals surface area contributed by atoms with E-state index in [1.54, 1.807) is 6.20 Å². The van der Waals surface area contributed by atoms with Crippen molar-refractivity contribution < 1.29 is 4.79 Å². The minimum absolute atomic E-state index is 0.0720. The van der Waals surface area contributed by atoms with Crippen LogP contribution in [0.15, 0.2) is 60.9 Å².